The third-order valence-electron chi connectivity index (χ3n) is 11.9. The summed E-state index contributed by atoms with van der Waals surface area (Å²) in [4.78, 5) is 25.7. The summed E-state index contributed by atoms with van der Waals surface area (Å²) in [7, 11) is 0. The molecule has 378 valence electrons. The molecule has 7 N–H and O–H groups in total. The fourth-order valence-corrected chi connectivity index (χ4v) is 7.72. The quantitative estimate of drug-likeness (QED) is 0.0151. The van der Waals surface area contributed by atoms with Crippen LogP contribution in [-0.4, -0.2) is 142 Å². The van der Waals surface area contributed by atoms with Crippen LogP contribution in [0.1, 0.15) is 181 Å². The molecule has 0 saturated carbocycles. The van der Waals surface area contributed by atoms with Crippen molar-refractivity contribution in [2.75, 3.05) is 26.4 Å². The van der Waals surface area contributed by atoms with Crippen LogP contribution < -0.4 is 0 Å². The van der Waals surface area contributed by atoms with Gasteiger partial charge >= 0.3 is 11.9 Å². The van der Waals surface area contributed by atoms with Crippen LogP contribution in [0.2, 0.25) is 0 Å². The minimum atomic E-state index is -1.77. The van der Waals surface area contributed by atoms with Crippen molar-refractivity contribution in [2.45, 2.75) is 248 Å². The maximum Gasteiger partial charge on any atom is 0.306 e. The molecule has 11 atom stereocenters. The van der Waals surface area contributed by atoms with Gasteiger partial charge in [-0.25, -0.2) is 0 Å². The largest absolute Gasteiger partial charge is 0.462 e. The molecule has 0 radical (unpaired) electrons. The summed E-state index contributed by atoms with van der Waals surface area (Å²) in [5.41, 5.74) is 3.29. The van der Waals surface area contributed by atoms with Crippen molar-refractivity contribution in [3.8, 4) is 0 Å². The maximum atomic E-state index is 13.0. The molecule has 15 nitrogen and oxygen atoms in total. The van der Waals surface area contributed by atoms with Crippen molar-refractivity contribution in [2.24, 2.45) is 0 Å². The molecular weight excluding hydrogens is 841 g/mol. The summed E-state index contributed by atoms with van der Waals surface area (Å²) in [6, 6.07) is 0. The van der Waals surface area contributed by atoms with Gasteiger partial charge in [0.05, 0.1) is 19.8 Å². The second kappa shape index (κ2) is 37.7. The molecule has 2 heterocycles. The third-order valence-corrected chi connectivity index (χ3v) is 11.9. The minimum absolute atomic E-state index is 0.151. The fraction of sp³-hybridized carbons (Fsp3) is 0.860. The van der Waals surface area contributed by atoms with Gasteiger partial charge in [-0.1, -0.05) is 116 Å². The normalized spacial score (nSPS) is 26.2. The lowest BCUT2D eigenvalue weighted by Gasteiger charge is -2.42. The van der Waals surface area contributed by atoms with Gasteiger partial charge in [0.1, 0.15) is 55.4 Å². The van der Waals surface area contributed by atoms with Crippen LogP contribution in [0.4, 0.5) is 0 Å². The van der Waals surface area contributed by atoms with E-state index in [9.17, 15) is 45.3 Å². The highest BCUT2D eigenvalue weighted by atomic mass is 16.7. The molecule has 0 spiro atoms. The Balaban J connectivity index is 1.84. The molecule has 0 bridgehead atoms. The third kappa shape index (κ3) is 26.2. The van der Waals surface area contributed by atoms with E-state index in [0.29, 0.717) is 12.8 Å². The summed E-state index contributed by atoms with van der Waals surface area (Å²) >= 11 is 0. The van der Waals surface area contributed by atoms with Crippen LogP contribution >= 0.6 is 0 Å². The number of allylic oxidation sites excluding steroid dienone is 3. The lowest BCUT2D eigenvalue weighted by Crippen LogP contribution is -2.61. The first-order chi connectivity index (χ1) is 31.5. The van der Waals surface area contributed by atoms with Gasteiger partial charge in [0.25, 0.3) is 0 Å². The van der Waals surface area contributed by atoms with E-state index in [-0.39, 0.29) is 19.4 Å². The second-order valence-electron chi connectivity index (χ2n) is 17.7. The molecule has 0 aromatic carbocycles. The molecule has 2 saturated heterocycles. The topological polar surface area (TPSA) is 231 Å². The molecule has 0 amide bonds. The number of hydrogen-bond acceptors (Lipinski definition) is 15. The molecule has 2 rings (SSSR count). The van der Waals surface area contributed by atoms with Gasteiger partial charge in [0.2, 0.25) is 0 Å². The van der Waals surface area contributed by atoms with Crippen molar-refractivity contribution >= 4 is 11.9 Å². The summed E-state index contributed by atoms with van der Waals surface area (Å²) in [5.74, 6) is -0.954. The number of aliphatic hydroxyl groups is 7. The smallest absolute Gasteiger partial charge is 0.306 e. The number of aliphatic hydroxyl groups excluding tert-OH is 7. The molecule has 0 aromatic rings. The minimum Gasteiger partial charge on any atom is -0.462 e. The number of carbonyl (C=O) groups is 2. The first kappa shape index (κ1) is 58.9. The average Bonchev–Trinajstić information content (AvgIpc) is 3.30. The number of rotatable bonds is 38. The van der Waals surface area contributed by atoms with E-state index < -0.39 is 99.3 Å². The number of hydrogen-bond donors (Lipinski definition) is 7. The lowest BCUT2D eigenvalue weighted by molar-refractivity contribution is -0.332. The first-order valence-corrected chi connectivity index (χ1v) is 25.2. The Labute approximate surface area is 389 Å². The molecule has 2 aliphatic rings. The van der Waals surface area contributed by atoms with Gasteiger partial charge in [0.15, 0.2) is 18.7 Å². The maximum absolute atomic E-state index is 13.0. The van der Waals surface area contributed by atoms with Crippen molar-refractivity contribution in [1.82, 2.24) is 0 Å². The molecular formula is C50H88O15. The summed E-state index contributed by atoms with van der Waals surface area (Å²) in [6.45, 7) is 2.53. The highest BCUT2D eigenvalue weighted by molar-refractivity contribution is 5.70. The average molecular weight is 929 g/mol. The van der Waals surface area contributed by atoms with Crippen molar-refractivity contribution in [1.29, 1.82) is 0 Å². The number of esters is 2. The van der Waals surface area contributed by atoms with Crippen LogP contribution in [0.15, 0.2) is 30.0 Å². The van der Waals surface area contributed by atoms with Gasteiger partial charge in [-0.3, -0.25) is 9.59 Å². The Morgan fingerprint density at radius 2 is 0.969 bits per heavy atom. The van der Waals surface area contributed by atoms with E-state index in [1.807, 2.05) is 0 Å². The fourth-order valence-electron chi connectivity index (χ4n) is 7.72. The Hall–Kier alpha value is -2.24. The predicted molar refractivity (Wildman–Crippen MR) is 246 cm³/mol. The van der Waals surface area contributed by atoms with E-state index in [1.165, 1.54) is 64.2 Å². The zero-order valence-electron chi connectivity index (χ0n) is 39.8. The molecule has 0 aromatic heterocycles. The van der Waals surface area contributed by atoms with Gasteiger partial charge in [0, 0.05) is 12.8 Å². The number of ether oxygens (including phenoxy) is 6. The van der Waals surface area contributed by atoms with Gasteiger partial charge in [-0.2, -0.15) is 0 Å². The van der Waals surface area contributed by atoms with E-state index in [1.54, 1.807) is 0 Å². The van der Waals surface area contributed by atoms with Crippen LogP contribution in [0, 0.1) is 0 Å². The van der Waals surface area contributed by atoms with Crippen LogP contribution in [-0.2, 0) is 38.0 Å². The van der Waals surface area contributed by atoms with Crippen molar-refractivity contribution < 1.29 is 73.8 Å². The molecule has 2 aliphatic heterocycles. The number of carbonyl (C=O) groups excluding carboxylic acids is 2. The molecule has 65 heavy (non-hydrogen) atoms. The standard InChI is InChI=1S/C50H88O15/c1-3-5-7-9-11-13-15-17-19-21-22-24-26-28-30-32-41(52)60-35-38(63-42(53)33-31-29-27-25-23-20-18-16-14-12-10-8-6-4-2)36-61-49-48(59)46(57)44(55)40(65-49)37-62-50-47(58)45(56)43(54)39(34-51)64-50/h15-16,18-19,38-40,43-51,54-59H,3-14,20-37H2,1-2H3/b18-16+/t17?,38-,39-,40-,43+,44+,45?,46?,47?,48?,49-,50-/m1/s1. The lowest BCUT2D eigenvalue weighted by atomic mass is 9.98. The van der Waals surface area contributed by atoms with E-state index in [0.717, 1.165) is 77.0 Å². The zero-order chi connectivity index (χ0) is 47.5. The van der Waals surface area contributed by atoms with Gasteiger partial charge in [-0.05, 0) is 76.4 Å². The Kier molecular flexibility index (Phi) is 34.2. The summed E-state index contributed by atoms with van der Waals surface area (Å²) < 4.78 is 33.5. The first-order valence-electron chi connectivity index (χ1n) is 25.2. The molecule has 0 aliphatic carbocycles. The highest BCUT2D eigenvalue weighted by Gasteiger charge is 2.47. The molecule has 15 heteroatoms. The van der Waals surface area contributed by atoms with Crippen molar-refractivity contribution in [3.05, 3.63) is 30.0 Å². The monoisotopic (exact) mass is 929 g/mol. The Bertz CT molecular complexity index is 1290. The predicted octanol–water partition coefficient (Wildman–Crippen LogP) is 6.53. The van der Waals surface area contributed by atoms with Crippen LogP contribution in [0.5, 0.6) is 0 Å². The van der Waals surface area contributed by atoms with Crippen molar-refractivity contribution in [3.63, 3.8) is 0 Å². The highest BCUT2D eigenvalue weighted by Crippen LogP contribution is 2.26. The SMILES string of the molecule is CCCCCCCC=C=CCCCCCCCC(=O)OC[C@H](CO[C@@H]1O[C@H](CO[C@@H]2O[C@H](CO)[C@H](O)C(O)C2O)[C@H](O)C(O)C1O)OC(=O)CCCCCCC/C=C/CCCCCCC. The van der Waals surface area contributed by atoms with Crippen LogP contribution in [0.25, 0.3) is 0 Å². The van der Waals surface area contributed by atoms with E-state index in [4.69, 9.17) is 28.4 Å². The molecule has 4 unspecified atom stereocenters. The Morgan fingerprint density at radius 1 is 0.523 bits per heavy atom. The molecule has 2 fully saturated rings. The van der Waals surface area contributed by atoms with E-state index >= 15 is 0 Å². The summed E-state index contributed by atoms with van der Waals surface area (Å²) in [5, 5.41) is 72.0. The summed E-state index contributed by atoms with van der Waals surface area (Å²) in [6.07, 6.45) is 18.4. The second-order valence-corrected chi connectivity index (χ2v) is 17.7. The van der Waals surface area contributed by atoms with Gasteiger partial charge in [-0.15, -0.1) is 5.73 Å². The number of unbranched alkanes of at least 4 members (excludes halogenated alkanes) is 20. The zero-order valence-corrected chi connectivity index (χ0v) is 39.8. The van der Waals surface area contributed by atoms with E-state index in [2.05, 4.69) is 43.9 Å². The Morgan fingerprint density at radius 3 is 1.51 bits per heavy atom. The van der Waals surface area contributed by atoms with Crippen LogP contribution in [0.3, 0.4) is 0 Å². The van der Waals surface area contributed by atoms with Gasteiger partial charge < -0.3 is 64.2 Å².